The van der Waals surface area contributed by atoms with Gasteiger partial charge in [-0.15, -0.1) is 0 Å². The van der Waals surface area contributed by atoms with Gasteiger partial charge in [0, 0.05) is 5.02 Å². The number of nitrogens with zero attached hydrogens (tertiary/aromatic N) is 1. The molecule has 1 aromatic carbocycles. The zero-order valence-corrected chi connectivity index (χ0v) is 14.9. The van der Waals surface area contributed by atoms with Crippen LogP contribution in [0.3, 0.4) is 0 Å². The molecule has 1 aliphatic heterocycles. The summed E-state index contributed by atoms with van der Waals surface area (Å²) >= 11 is 7.49. The van der Waals surface area contributed by atoms with Gasteiger partial charge in [-0.2, -0.15) is 11.8 Å². The van der Waals surface area contributed by atoms with Crippen molar-refractivity contribution < 1.29 is 19.1 Å². The number of carbonyl (C=O) groups excluding carboxylic acids is 3. The summed E-state index contributed by atoms with van der Waals surface area (Å²) in [5.41, 5.74) is 0.376. The van der Waals surface area contributed by atoms with E-state index in [-0.39, 0.29) is 12.5 Å². The van der Waals surface area contributed by atoms with Crippen molar-refractivity contribution in [1.29, 1.82) is 0 Å². The number of thioether (sulfide) groups is 1. The molecular weight excluding hydrogens is 354 g/mol. The van der Waals surface area contributed by atoms with E-state index in [9.17, 15) is 14.4 Å². The second-order valence-corrected chi connectivity index (χ2v) is 6.52. The SMILES string of the molecule is COc1ccc(Cl)cc1NC(=O)CN1C(=O)N[C@H](CCSC)C1=O. The number of carbonyl (C=O) groups is 3. The van der Waals surface area contributed by atoms with E-state index >= 15 is 0 Å². The molecule has 1 atom stereocenters. The lowest BCUT2D eigenvalue weighted by atomic mass is 10.2. The number of methoxy groups -OCH3 is 1. The fraction of sp³-hybridized carbons (Fsp3) is 0.400. The fourth-order valence-electron chi connectivity index (χ4n) is 2.27. The summed E-state index contributed by atoms with van der Waals surface area (Å²) < 4.78 is 5.14. The molecule has 2 rings (SSSR count). The Morgan fingerprint density at radius 3 is 2.88 bits per heavy atom. The number of hydrogen-bond donors (Lipinski definition) is 2. The van der Waals surface area contributed by atoms with Crippen LogP contribution in [0.1, 0.15) is 6.42 Å². The van der Waals surface area contributed by atoms with Crippen molar-refractivity contribution in [2.45, 2.75) is 12.5 Å². The summed E-state index contributed by atoms with van der Waals surface area (Å²) in [5, 5.41) is 5.62. The molecule has 1 heterocycles. The summed E-state index contributed by atoms with van der Waals surface area (Å²) in [5.74, 6) is 0.283. The lowest BCUT2D eigenvalue weighted by Gasteiger charge is -2.14. The molecule has 0 radical (unpaired) electrons. The summed E-state index contributed by atoms with van der Waals surface area (Å²) in [6.45, 7) is -0.365. The van der Waals surface area contributed by atoms with E-state index in [1.165, 1.54) is 13.2 Å². The van der Waals surface area contributed by atoms with Crippen LogP contribution in [0.5, 0.6) is 5.75 Å². The van der Waals surface area contributed by atoms with Crippen LogP contribution in [-0.2, 0) is 9.59 Å². The number of halogens is 1. The number of ether oxygens (including phenoxy) is 1. The van der Waals surface area contributed by atoms with Gasteiger partial charge in [0.1, 0.15) is 18.3 Å². The van der Waals surface area contributed by atoms with Crippen LogP contribution in [0.25, 0.3) is 0 Å². The Balaban J connectivity index is 2.01. The molecule has 1 aliphatic rings. The number of rotatable bonds is 7. The van der Waals surface area contributed by atoms with Crippen molar-refractivity contribution in [3.63, 3.8) is 0 Å². The monoisotopic (exact) mass is 371 g/mol. The second kappa shape index (κ2) is 8.25. The molecule has 0 saturated carbocycles. The minimum Gasteiger partial charge on any atom is -0.495 e. The summed E-state index contributed by atoms with van der Waals surface area (Å²) in [6.07, 6.45) is 2.46. The highest BCUT2D eigenvalue weighted by Gasteiger charge is 2.38. The summed E-state index contributed by atoms with van der Waals surface area (Å²) in [4.78, 5) is 37.2. The van der Waals surface area contributed by atoms with Crippen LogP contribution >= 0.6 is 23.4 Å². The van der Waals surface area contributed by atoms with Crippen molar-refractivity contribution in [2.24, 2.45) is 0 Å². The molecule has 2 N–H and O–H groups in total. The third kappa shape index (κ3) is 4.33. The first-order chi connectivity index (χ1) is 11.5. The predicted molar refractivity (Wildman–Crippen MR) is 93.7 cm³/mol. The molecule has 1 fully saturated rings. The lowest BCUT2D eigenvalue weighted by Crippen LogP contribution is -2.38. The Labute approximate surface area is 149 Å². The van der Waals surface area contributed by atoms with Gasteiger partial charge >= 0.3 is 6.03 Å². The Hall–Kier alpha value is -1.93. The Bertz CT molecular complexity index is 656. The van der Waals surface area contributed by atoms with Crippen molar-refractivity contribution >= 4 is 46.9 Å². The van der Waals surface area contributed by atoms with Crippen LogP contribution in [0.2, 0.25) is 5.02 Å². The fourth-order valence-corrected chi connectivity index (χ4v) is 2.91. The minimum atomic E-state index is -0.571. The standard InChI is InChI=1S/C15H18ClN3O4S/c1-23-12-4-3-9(16)7-11(12)17-13(20)8-19-14(21)10(5-6-24-2)18-15(19)22/h3-4,7,10H,5-6,8H2,1-2H3,(H,17,20)(H,18,22)/t10-/m1/s1. The number of urea groups is 1. The van der Waals surface area contributed by atoms with Crippen molar-refractivity contribution in [3.05, 3.63) is 23.2 Å². The largest absolute Gasteiger partial charge is 0.495 e. The first kappa shape index (κ1) is 18.4. The van der Waals surface area contributed by atoms with E-state index in [0.29, 0.717) is 22.9 Å². The highest BCUT2D eigenvalue weighted by molar-refractivity contribution is 7.98. The van der Waals surface area contributed by atoms with Gasteiger partial charge in [0.05, 0.1) is 12.8 Å². The van der Waals surface area contributed by atoms with Gasteiger partial charge in [0.25, 0.3) is 5.91 Å². The predicted octanol–water partition coefficient (Wildman–Crippen LogP) is 1.96. The topological polar surface area (TPSA) is 87.7 Å². The van der Waals surface area contributed by atoms with Gasteiger partial charge in [-0.05, 0) is 36.6 Å². The number of anilines is 1. The van der Waals surface area contributed by atoms with Crippen LogP contribution in [0.15, 0.2) is 18.2 Å². The molecule has 24 heavy (non-hydrogen) atoms. The van der Waals surface area contributed by atoms with Gasteiger partial charge in [0.2, 0.25) is 5.91 Å². The third-order valence-electron chi connectivity index (χ3n) is 3.45. The second-order valence-electron chi connectivity index (χ2n) is 5.10. The number of nitrogens with one attached hydrogen (secondary N) is 2. The number of imide groups is 1. The molecule has 0 unspecified atom stereocenters. The average Bonchev–Trinajstić information content (AvgIpc) is 2.80. The van der Waals surface area contributed by atoms with E-state index in [1.54, 1.807) is 23.9 Å². The first-order valence-electron chi connectivity index (χ1n) is 7.20. The maximum atomic E-state index is 12.2. The maximum absolute atomic E-state index is 12.2. The highest BCUT2D eigenvalue weighted by atomic mass is 35.5. The van der Waals surface area contributed by atoms with Crippen LogP contribution in [0.4, 0.5) is 10.5 Å². The number of benzene rings is 1. The van der Waals surface area contributed by atoms with Gasteiger partial charge in [-0.3, -0.25) is 14.5 Å². The molecule has 130 valence electrons. The van der Waals surface area contributed by atoms with E-state index in [1.807, 2.05) is 6.26 Å². The molecule has 4 amide bonds. The lowest BCUT2D eigenvalue weighted by molar-refractivity contribution is -0.130. The molecule has 1 aromatic rings. The van der Waals surface area contributed by atoms with E-state index < -0.39 is 18.0 Å². The normalized spacial score (nSPS) is 17.0. The molecular formula is C15H18ClN3O4S. The summed E-state index contributed by atoms with van der Waals surface area (Å²) in [7, 11) is 1.46. The maximum Gasteiger partial charge on any atom is 0.325 e. The molecule has 0 aliphatic carbocycles. The van der Waals surface area contributed by atoms with E-state index in [4.69, 9.17) is 16.3 Å². The molecule has 1 saturated heterocycles. The Morgan fingerprint density at radius 2 is 2.21 bits per heavy atom. The van der Waals surface area contributed by atoms with E-state index in [2.05, 4.69) is 10.6 Å². The van der Waals surface area contributed by atoms with Crippen LogP contribution in [-0.4, -0.2) is 54.5 Å². The van der Waals surface area contributed by atoms with E-state index in [0.717, 1.165) is 10.7 Å². The van der Waals surface area contributed by atoms with Crippen LogP contribution in [0, 0.1) is 0 Å². The Kier molecular flexibility index (Phi) is 6.33. The van der Waals surface area contributed by atoms with Crippen molar-refractivity contribution in [2.75, 3.05) is 31.0 Å². The smallest absolute Gasteiger partial charge is 0.325 e. The average molecular weight is 372 g/mol. The summed E-state index contributed by atoms with van der Waals surface area (Å²) in [6, 6.07) is 3.65. The molecule has 0 spiro atoms. The Morgan fingerprint density at radius 1 is 1.46 bits per heavy atom. The highest BCUT2D eigenvalue weighted by Crippen LogP contribution is 2.27. The van der Waals surface area contributed by atoms with Crippen molar-refractivity contribution in [1.82, 2.24) is 10.2 Å². The third-order valence-corrected chi connectivity index (χ3v) is 4.33. The zero-order valence-electron chi connectivity index (χ0n) is 13.3. The van der Waals surface area contributed by atoms with Gasteiger partial charge in [-0.1, -0.05) is 11.6 Å². The van der Waals surface area contributed by atoms with Gasteiger partial charge in [0.15, 0.2) is 0 Å². The van der Waals surface area contributed by atoms with Gasteiger partial charge in [-0.25, -0.2) is 4.79 Å². The minimum absolute atomic E-state index is 0.365. The van der Waals surface area contributed by atoms with Gasteiger partial charge < -0.3 is 15.4 Å². The molecule has 0 bridgehead atoms. The number of hydrogen-bond acceptors (Lipinski definition) is 5. The first-order valence-corrected chi connectivity index (χ1v) is 8.97. The molecule has 9 heteroatoms. The molecule has 7 nitrogen and oxygen atoms in total. The van der Waals surface area contributed by atoms with Crippen LogP contribution < -0.4 is 15.4 Å². The van der Waals surface area contributed by atoms with Crippen molar-refractivity contribution in [3.8, 4) is 5.75 Å². The number of amides is 4. The molecule has 0 aromatic heterocycles. The zero-order chi connectivity index (χ0) is 17.7. The quantitative estimate of drug-likeness (QED) is 0.715.